The molecule has 2 aromatic rings. The third-order valence-corrected chi connectivity index (χ3v) is 3.71. The van der Waals surface area contributed by atoms with Crippen LogP contribution in [0.1, 0.15) is 0 Å². The van der Waals surface area contributed by atoms with Gasteiger partial charge in [0, 0.05) is 5.56 Å². The molecule has 0 saturated heterocycles. The average molecular weight is 363 g/mol. The van der Waals surface area contributed by atoms with E-state index in [0.29, 0.717) is 11.1 Å². The molecule has 0 radical (unpaired) electrons. The van der Waals surface area contributed by atoms with E-state index in [4.69, 9.17) is 4.55 Å². The number of hydrogen-bond donors (Lipinski definition) is 2. The van der Waals surface area contributed by atoms with Crippen LogP contribution in [0.25, 0.3) is 11.1 Å². The van der Waals surface area contributed by atoms with Crippen molar-refractivity contribution in [2.45, 2.75) is 6.36 Å². The van der Waals surface area contributed by atoms with E-state index < -0.39 is 16.7 Å². The Labute approximate surface area is 150 Å². The Morgan fingerprint density at radius 1 is 1.14 bits per heavy atom. The summed E-state index contributed by atoms with van der Waals surface area (Å²) in [6.07, 6.45) is -4.78. The van der Waals surface area contributed by atoms with E-state index in [2.05, 4.69) is 4.74 Å². The van der Waals surface area contributed by atoms with Gasteiger partial charge in [-0.3, -0.25) is 9.27 Å². The van der Waals surface area contributed by atoms with Crippen LogP contribution in [0, 0.1) is 0 Å². The van der Waals surface area contributed by atoms with Gasteiger partial charge in [-0.05, 0) is 29.1 Å². The molecule has 0 fully saturated rings. The monoisotopic (exact) mass is 363 g/mol. The molecule has 0 spiro atoms. The number of hydrogen-bond acceptors (Lipinski definition) is 4. The van der Waals surface area contributed by atoms with Gasteiger partial charge in [-0.2, -0.15) is 8.42 Å². The van der Waals surface area contributed by atoms with E-state index in [-0.39, 0.29) is 40.3 Å². The number of alkyl halides is 3. The van der Waals surface area contributed by atoms with Crippen LogP contribution in [0.4, 0.5) is 18.2 Å². The number of nitrogens with one attached hydrogen (secondary N) is 1. The molecule has 22 heavy (non-hydrogen) atoms. The molecule has 0 aliphatic heterocycles. The fraction of sp³-hybridized carbons (Fsp3) is 0.0909. The van der Waals surface area contributed by atoms with Gasteiger partial charge in [0.25, 0.3) is 0 Å². The summed E-state index contributed by atoms with van der Waals surface area (Å²) in [7, 11) is -4.42. The van der Waals surface area contributed by atoms with Crippen molar-refractivity contribution in [3.63, 3.8) is 0 Å². The first-order valence-electron chi connectivity index (χ1n) is 5.33. The van der Waals surface area contributed by atoms with Crippen LogP contribution in [0.3, 0.4) is 0 Å². The van der Waals surface area contributed by atoms with E-state index >= 15 is 0 Å². The summed E-state index contributed by atoms with van der Waals surface area (Å²) in [5.41, 5.74) is 0.896. The Kier molecular flexibility index (Phi) is 6.30. The predicted molar refractivity (Wildman–Crippen MR) is 78.8 cm³/mol. The van der Waals surface area contributed by atoms with Gasteiger partial charge >= 0.3 is 46.2 Å². The molecule has 11 heteroatoms. The second-order valence-corrected chi connectivity index (χ2v) is 5.88. The van der Waals surface area contributed by atoms with Crippen LogP contribution in [0.2, 0.25) is 0 Å². The minimum absolute atomic E-state index is 0. The van der Waals surface area contributed by atoms with E-state index in [9.17, 15) is 21.6 Å². The quantitative estimate of drug-likeness (QED) is 0.647. The summed E-state index contributed by atoms with van der Waals surface area (Å²) in [5.74, 6) is -0.384. The fourth-order valence-electron chi connectivity index (χ4n) is 1.57. The summed E-state index contributed by atoms with van der Waals surface area (Å²) in [6.45, 7) is 0. The Morgan fingerprint density at radius 3 is 2.23 bits per heavy atom. The summed E-state index contributed by atoms with van der Waals surface area (Å²) in [6, 6.07) is 6.48. The molecule has 0 amide bonds. The molecule has 0 aliphatic rings. The minimum atomic E-state index is -4.78. The first-order valence-corrected chi connectivity index (χ1v) is 7.65. The summed E-state index contributed by atoms with van der Waals surface area (Å²) >= 11 is 1.02. The predicted octanol–water partition coefficient (Wildman–Crippen LogP) is 2.88. The molecule has 1 aromatic heterocycles. The van der Waals surface area contributed by atoms with Gasteiger partial charge in [0.2, 0.25) is 0 Å². The van der Waals surface area contributed by atoms with E-state index in [0.717, 1.165) is 23.5 Å². The SMILES string of the molecule is O=S(=O)(O)Nc1sccc1-c1ccc(OC(F)(F)F)cc1.[NaH]. The summed E-state index contributed by atoms with van der Waals surface area (Å²) in [5, 5.41) is 1.73. The Hall–Kier alpha value is -0.780. The molecule has 0 atom stereocenters. The number of ether oxygens (including phenoxy) is 1. The van der Waals surface area contributed by atoms with Crippen LogP contribution < -0.4 is 9.46 Å². The normalized spacial score (nSPS) is 11.6. The van der Waals surface area contributed by atoms with E-state index in [1.807, 2.05) is 4.72 Å². The van der Waals surface area contributed by atoms with Crippen LogP contribution in [-0.4, -0.2) is 48.9 Å². The summed E-state index contributed by atoms with van der Waals surface area (Å²) in [4.78, 5) is 0. The van der Waals surface area contributed by atoms with Crippen LogP contribution >= 0.6 is 11.3 Å². The van der Waals surface area contributed by atoms with Crippen LogP contribution in [0.5, 0.6) is 5.75 Å². The molecule has 0 bridgehead atoms. The molecule has 0 unspecified atom stereocenters. The average Bonchev–Trinajstić information content (AvgIpc) is 2.73. The molecule has 1 heterocycles. The molecule has 2 rings (SSSR count). The third-order valence-electron chi connectivity index (χ3n) is 2.29. The van der Waals surface area contributed by atoms with Crippen LogP contribution in [-0.2, 0) is 10.3 Å². The Balaban J connectivity index is 0.00000242. The topological polar surface area (TPSA) is 75.6 Å². The zero-order valence-corrected chi connectivity index (χ0v) is 11.7. The van der Waals surface area contributed by atoms with Crippen LogP contribution in [0.15, 0.2) is 35.7 Å². The number of thiophene rings is 1. The van der Waals surface area contributed by atoms with Crippen molar-refractivity contribution < 1.29 is 30.9 Å². The standard InChI is InChI=1S/C11H8F3NO4S2.Na.H/c12-11(13,14)19-8-3-1-7(2-4-8)9-5-6-20-10(9)15-21(16,17)18;;/h1-6,15H,(H,16,17,18);;. The molecule has 0 aliphatic carbocycles. The molecule has 1 aromatic carbocycles. The zero-order chi connectivity index (χ0) is 15.7. The van der Waals surface area contributed by atoms with Crippen molar-refractivity contribution >= 4 is 56.2 Å². The summed E-state index contributed by atoms with van der Waals surface area (Å²) < 4.78 is 72.1. The number of anilines is 1. The maximum atomic E-state index is 12.0. The second-order valence-electron chi connectivity index (χ2n) is 3.81. The second kappa shape index (κ2) is 7.20. The first kappa shape index (κ1) is 19.3. The Bertz CT molecular complexity index is 729. The van der Waals surface area contributed by atoms with E-state index in [1.165, 1.54) is 12.1 Å². The van der Waals surface area contributed by atoms with Crippen molar-refractivity contribution in [2.75, 3.05) is 4.72 Å². The first-order chi connectivity index (χ1) is 9.64. The van der Waals surface area contributed by atoms with Crippen molar-refractivity contribution in [1.82, 2.24) is 0 Å². The molecular weight excluding hydrogens is 354 g/mol. The van der Waals surface area contributed by atoms with Gasteiger partial charge < -0.3 is 4.74 Å². The molecular formula is C11H9F3NNaO4S2. The van der Waals surface area contributed by atoms with Crippen molar-refractivity contribution in [3.05, 3.63) is 35.7 Å². The molecule has 5 nitrogen and oxygen atoms in total. The van der Waals surface area contributed by atoms with Gasteiger partial charge in [-0.1, -0.05) is 12.1 Å². The fourth-order valence-corrected chi connectivity index (χ4v) is 3.07. The number of benzene rings is 1. The zero-order valence-electron chi connectivity index (χ0n) is 10.1. The Morgan fingerprint density at radius 2 is 1.73 bits per heavy atom. The van der Waals surface area contributed by atoms with Gasteiger partial charge in [0.15, 0.2) is 0 Å². The molecule has 2 N–H and O–H groups in total. The van der Waals surface area contributed by atoms with Crippen molar-refractivity contribution in [2.24, 2.45) is 0 Å². The number of halogens is 3. The van der Waals surface area contributed by atoms with Gasteiger partial charge in [0.1, 0.15) is 10.8 Å². The number of rotatable bonds is 4. The maximum absolute atomic E-state index is 12.0. The van der Waals surface area contributed by atoms with Crippen molar-refractivity contribution in [3.8, 4) is 16.9 Å². The third kappa shape index (κ3) is 5.78. The van der Waals surface area contributed by atoms with Gasteiger partial charge in [0.05, 0.1) is 0 Å². The van der Waals surface area contributed by atoms with Gasteiger partial charge in [-0.15, -0.1) is 24.5 Å². The molecule has 116 valence electrons. The molecule has 0 saturated carbocycles. The van der Waals surface area contributed by atoms with Crippen molar-refractivity contribution in [1.29, 1.82) is 0 Å². The van der Waals surface area contributed by atoms with E-state index in [1.54, 1.807) is 11.4 Å². The van der Waals surface area contributed by atoms with Gasteiger partial charge in [-0.25, -0.2) is 0 Å².